The number of fused-ring (bicyclic) bond motifs is 2. The van der Waals surface area contributed by atoms with E-state index in [-0.39, 0.29) is 24.1 Å². The Labute approximate surface area is 307 Å². The molecule has 3 aliphatic heterocycles. The molecule has 3 aliphatic rings. The summed E-state index contributed by atoms with van der Waals surface area (Å²) in [6.45, 7) is 11.1. The minimum atomic E-state index is -3.16. The zero-order valence-electron chi connectivity index (χ0n) is 31.2. The number of rotatable bonds is 4. The van der Waals surface area contributed by atoms with Gasteiger partial charge in [0.25, 0.3) is 11.5 Å². The van der Waals surface area contributed by atoms with Crippen LogP contribution in [0.2, 0.25) is 0 Å². The van der Waals surface area contributed by atoms with E-state index < -0.39 is 47.8 Å². The lowest BCUT2D eigenvalue weighted by Crippen LogP contribution is -2.48. The van der Waals surface area contributed by atoms with Crippen LogP contribution in [0.1, 0.15) is 78.2 Å². The molecule has 3 atom stereocenters. The molecule has 0 radical (unpaired) electrons. The average Bonchev–Trinajstić information content (AvgIpc) is 3.79. The van der Waals surface area contributed by atoms with Crippen molar-refractivity contribution in [1.29, 1.82) is 0 Å². The van der Waals surface area contributed by atoms with Crippen molar-refractivity contribution in [3.8, 4) is 11.1 Å². The Bertz CT molecular complexity index is 2190. The van der Waals surface area contributed by atoms with Gasteiger partial charge >= 0.3 is 12.2 Å². The second kappa shape index (κ2) is 13.2. The number of nitrogens with zero attached hydrogens (tertiary/aromatic N) is 5. The molecule has 0 spiro atoms. The number of nitrogens with one attached hydrogen (secondary N) is 1. The van der Waals surface area contributed by atoms with E-state index in [0.29, 0.717) is 24.0 Å². The molecule has 2 saturated heterocycles. The van der Waals surface area contributed by atoms with Crippen LogP contribution in [0.25, 0.3) is 32.8 Å². The molecular weight excluding hydrogens is 682 g/mol. The highest BCUT2D eigenvalue weighted by atomic mass is 19.3. The van der Waals surface area contributed by atoms with Gasteiger partial charge in [-0.15, -0.1) is 0 Å². The van der Waals surface area contributed by atoms with Gasteiger partial charge in [0.05, 0.1) is 35.2 Å². The predicted octanol–water partition coefficient (Wildman–Crippen LogP) is 7.52. The third kappa shape index (κ3) is 7.62. The first-order valence-electron chi connectivity index (χ1n) is 18.1. The van der Waals surface area contributed by atoms with Gasteiger partial charge in [-0.1, -0.05) is 30.3 Å². The number of hydrogen-bond acceptors (Lipinski definition) is 8. The molecule has 1 aromatic heterocycles. The van der Waals surface area contributed by atoms with Crippen LogP contribution in [0.5, 0.6) is 0 Å². The van der Waals surface area contributed by atoms with Crippen molar-refractivity contribution in [3.63, 3.8) is 0 Å². The highest BCUT2D eigenvalue weighted by Crippen LogP contribution is 2.41. The van der Waals surface area contributed by atoms with Crippen molar-refractivity contribution in [1.82, 2.24) is 24.7 Å². The number of H-pyrrole nitrogens is 1. The number of alkyl halides is 2. The lowest BCUT2D eigenvalue weighted by molar-refractivity contribution is -0.00248. The lowest BCUT2D eigenvalue weighted by Gasteiger charge is -2.32. The Kier molecular flexibility index (Phi) is 9.07. The number of carbonyl (C=O) groups is 2. The summed E-state index contributed by atoms with van der Waals surface area (Å²) in [6.07, 6.45) is -0.238. The maximum absolute atomic E-state index is 14.7. The van der Waals surface area contributed by atoms with E-state index in [9.17, 15) is 23.2 Å². The van der Waals surface area contributed by atoms with Gasteiger partial charge in [-0.25, -0.2) is 23.4 Å². The van der Waals surface area contributed by atoms with Crippen molar-refractivity contribution in [2.45, 2.75) is 96.2 Å². The summed E-state index contributed by atoms with van der Waals surface area (Å²) in [6, 6.07) is 16.4. The number of halogens is 2. The first-order valence-corrected chi connectivity index (χ1v) is 18.1. The summed E-state index contributed by atoms with van der Waals surface area (Å²) in [4.78, 5) is 56.3. The lowest BCUT2D eigenvalue weighted by atomic mass is 9.98. The van der Waals surface area contributed by atoms with E-state index in [1.54, 1.807) is 32.9 Å². The fourth-order valence-electron chi connectivity index (χ4n) is 7.50. The maximum Gasteiger partial charge on any atom is 0.411 e. The number of ether oxygens (including phenoxy) is 2. The van der Waals surface area contributed by atoms with Crippen LogP contribution in [0, 0.1) is 0 Å². The number of aromatic nitrogens is 2. The van der Waals surface area contributed by atoms with Crippen LogP contribution >= 0.6 is 0 Å². The molecule has 3 unspecified atom stereocenters. The minimum absolute atomic E-state index is 0.0121. The summed E-state index contributed by atoms with van der Waals surface area (Å²) >= 11 is 0. The van der Waals surface area contributed by atoms with Crippen molar-refractivity contribution in [2.75, 3.05) is 26.7 Å². The largest absolute Gasteiger partial charge is 0.444 e. The van der Waals surface area contributed by atoms with Crippen LogP contribution in [0.15, 0.2) is 64.4 Å². The molecule has 53 heavy (non-hydrogen) atoms. The maximum atomic E-state index is 14.7. The van der Waals surface area contributed by atoms with Gasteiger partial charge in [0.1, 0.15) is 23.2 Å². The fourth-order valence-corrected chi connectivity index (χ4v) is 7.50. The Morgan fingerprint density at radius 3 is 2.15 bits per heavy atom. The zero-order valence-corrected chi connectivity index (χ0v) is 31.2. The molecule has 280 valence electrons. The Morgan fingerprint density at radius 2 is 1.47 bits per heavy atom. The summed E-state index contributed by atoms with van der Waals surface area (Å²) in [5.41, 5.74) is 2.07. The highest BCUT2D eigenvalue weighted by Gasteiger charge is 2.50. The number of likely N-dealkylation sites (tertiary alicyclic amines) is 2. The Morgan fingerprint density at radius 1 is 0.868 bits per heavy atom. The minimum Gasteiger partial charge on any atom is -0.444 e. The average molecular weight is 729 g/mol. The standard InChI is InChI=1S/C40H46F2N6O5/c1-38(2,3)52-36(50)47-16-8-9-31(47)34-44-30(21-46(34)7)27-13-12-23-17-24(10-11-25(23)18-27)26-14-15-28-29(19-26)43-33(45-35(28)49)32-20-40(41,42)22-48(32)37(51)53-39(4,5)6/h10-15,17-19,31-32,34H,8-9,16,20-22H2,1-7H3,(H,43,45,49). The number of amides is 2. The number of aliphatic imine (C=N–C) groups is 1. The molecule has 3 aromatic carbocycles. The van der Waals surface area contributed by atoms with Gasteiger partial charge in [-0.2, -0.15) is 0 Å². The smallest absolute Gasteiger partial charge is 0.411 e. The third-order valence-electron chi connectivity index (χ3n) is 9.86. The topological polar surface area (TPSA) is 120 Å². The van der Waals surface area contributed by atoms with Gasteiger partial charge in [0.2, 0.25) is 0 Å². The van der Waals surface area contributed by atoms with Gasteiger partial charge in [-0.05, 0) is 113 Å². The summed E-state index contributed by atoms with van der Waals surface area (Å²) in [5.74, 6) is -3.18. The number of likely N-dealkylation sites (N-methyl/N-ethyl adjacent to an activating group) is 1. The molecule has 2 amide bonds. The molecule has 0 bridgehead atoms. The van der Waals surface area contributed by atoms with Gasteiger partial charge in [0, 0.05) is 19.5 Å². The number of benzene rings is 3. The van der Waals surface area contributed by atoms with E-state index in [2.05, 4.69) is 39.1 Å². The van der Waals surface area contributed by atoms with Crippen LogP contribution in [0.4, 0.5) is 18.4 Å². The first-order chi connectivity index (χ1) is 24.8. The highest BCUT2D eigenvalue weighted by molar-refractivity contribution is 6.06. The molecule has 11 nitrogen and oxygen atoms in total. The van der Waals surface area contributed by atoms with Gasteiger partial charge in [-0.3, -0.25) is 19.6 Å². The van der Waals surface area contributed by atoms with Crippen LogP contribution in [-0.4, -0.2) is 98.6 Å². The van der Waals surface area contributed by atoms with Crippen molar-refractivity contribution >= 4 is 39.6 Å². The number of hydrogen-bond donors (Lipinski definition) is 1. The van der Waals surface area contributed by atoms with Crippen molar-refractivity contribution < 1.29 is 27.8 Å². The molecule has 0 saturated carbocycles. The molecule has 1 N–H and O–H groups in total. The molecule has 13 heteroatoms. The predicted molar refractivity (Wildman–Crippen MR) is 199 cm³/mol. The van der Waals surface area contributed by atoms with Gasteiger partial charge in [0.15, 0.2) is 0 Å². The summed E-state index contributed by atoms with van der Waals surface area (Å²) in [7, 11) is 2.04. The Balaban J connectivity index is 1.14. The summed E-state index contributed by atoms with van der Waals surface area (Å²) < 4.78 is 40.4. The Hall–Kier alpha value is -4.91. The van der Waals surface area contributed by atoms with E-state index in [1.807, 2.05) is 50.9 Å². The van der Waals surface area contributed by atoms with Crippen LogP contribution < -0.4 is 5.56 Å². The second-order valence-electron chi connectivity index (χ2n) is 16.4. The van der Waals surface area contributed by atoms with Crippen LogP contribution in [-0.2, 0) is 9.47 Å². The molecular formula is C40H46F2N6O5. The van der Waals surface area contributed by atoms with Crippen molar-refractivity contribution in [2.24, 2.45) is 4.99 Å². The normalized spacial score (nSPS) is 22.1. The van der Waals surface area contributed by atoms with E-state index in [0.717, 1.165) is 50.9 Å². The van der Waals surface area contributed by atoms with Crippen molar-refractivity contribution in [3.05, 3.63) is 76.3 Å². The first kappa shape index (κ1) is 36.4. The fraction of sp³-hybridized carbons (Fsp3) is 0.475. The molecule has 0 aliphatic carbocycles. The molecule has 7 rings (SSSR count). The summed E-state index contributed by atoms with van der Waals surface area (Å²) in [5, 5.41) is 2.34. The number of aromatic amines is 1. The number of carbonyl (C=O) groups excluding carboxylic acids is 2. The third-order valence-corrected chi connectivity index (χ3v) is 9.86. The zero-order chi connectivity index (χ0) is 38.0. The van der Waals surface area contributed by atoms with Gasteiger partial charge < -0.3 is 19.4 Å². The van der Waals surface area contributed by atoms with E-state index in [1.165, 1.54) is 0 Å². The van der Waals surface area contributed by atoms with E-state index in [4.69, 9.17) is 14.5 Å². The van der Waals surface area contributed by atoms with E-state index >= 15 is 0 Å². The molecule has 4 heterocycles. The quantitative estimate of drug-likeness (QED) is 0.231. The molecule has 4 aromatic rings. The SMILES string of the molecule is CN1CC(c2ccc3cc(-c4ccc5c(=O)[nH]c(C6CC(F)(F)CN6C(=O)OC(C)(C)C)nc5c4)ccc3c2)=NC1C1CCCN1C(=O)OC(C)(C)C. The monoisotopic (exact) mass is 728 g/mol. The van der Waals surface area contributed by atoms with Crippen LogP contribution in [0.3, 0.4) is 0 Å². The molecule has 2 fully saturated rings. The second-order valence-corrected chi connectivity index (χ2v) is 16.4.